The second kappa shape index (κ2) is 4.04. The smallest absolute Gasteiger partial charge is 0.262 e. The average Bonchev–Trinajstić information content (AvgIpc) is 3.05. The molecule has 1 aromatic carbocycles. The van der Waals surface area contributed by atoms with E-state index < -0.39 is 0 Å². The maximum absolute atomic E-state index is 13.1. The van der Waals surface area contributed by atoms with Crippen LogP contribution in [0.1, 0.15) is 46.9 Å². The van der Waals surface area contributed by atoms with Gasteiger partial charge < -0.3 is 4.90 Å². The van der Waals surface area contributed by atoms with Gasteiger partial charge in [-0.2, -0.15) is 0 Å². The molecule has 3 fully saturated rings. The summed E-state index contributed by atoms with van der Waals surface area (Å²) in [4.78, 5) is 30.1. The molecule has 2 amide bonds. The Morgan fingerprint density at radius 1 is 1.09 bits per heavy atom. The number of benzene rings is 1. The SMILES string of the molecule is CN1CC2CC3(C)CC2C(N2C(=O)c4ccccc4C2=O)(C1)C3. The van der Waals surface area contributed by atoms with E-state index in [0.717, 1.165) is 19.5 Å². The van der Waals surface area contributed by atoms with Crippen LogP contribution in [0.3, 0.4) is 0 Å². The Morgan fingerprint density at radius 2 is 1.74 bits per heavy atom. The lowest BCUT2D eigenvalue weighted by molar-refractivity contribution is -0.0340. The first-order valence-corrected chi connectivity index (χ1v) is 8.60. The minimum Gasteiger partial charge on any atom is -0.304 e. The summed E-state index contributed by atoms with van der Waals surface area (Å²) in [7, 11) is 2.13. The molecule has 0 N–H and O–H groups in total. The number of hydrogen-bond donors (Lipinski definition) is 0. The number of rotatable bonds is 1. The summed E-state index contributed by atoms with van der Waals surface area (Å²) in [5.41, 5.74) is 1.18. The molecule has 4 unspecified atom stereocenters. The van der Waals surface area contributed by atoms with Crippen LogP contribution in [0.5, 0.6) is 0 Å². The highest BCUT2D eigenvalue weighted by Gasteiger charge is 2.67. The maximum atomic E-state index is 13.1. The van der Waals surface area contributed by atoms with Gasteiger partial charge in [-0.1, -0.05) is 19.1 Å². The van der Waals surface area contributed by atoms with E-state index in [2.05, 4.69) is 18.9 Å². The normalized spacial score (nSPS) is 41.7. The molecule has 2 heterocycles. The van der Waals surface area contributed by atoms with Gasteiger partial charge in [-0.15, -0.1) is 0 Å². The summed E-state index contributed by atoms with van der Waals surface area (Å²) in [5, 5.41) is 0. The van der Waals surface area contributed by atoms with Crippen LogP contribution < -0.4 is 0 Å². The second-order valence-electron chi connectivity index (χ2n) is 8.55. The van der Waals surface area contributed by atoms with Crippen LogP contribution in [0.4, 0.5) is 0 Å². The van der Waals surface area contributed by atoms with Gasteiger partial charge in [0.1, 0.15) is 0 Å². The monoisotopic (exact) mass is 310 g/mol. The van der Waals surface area contributed by atoms with Crippen molar-refractivity contribution in [1.82, 2.24) is 9.80 Å². The molecule has 2 saturated carbocycles. The van der Waals surface area contributed by atoms with Gasteiger partial charge in [-0.05, 0) is 55.7 Å². The molecular weight excluding hydrogens is 288 g/mol. The number of nitrogens with zero attached hydrogens (tertiary/aromatic N) is 2. The lowest BCUT2D eigenvalue weighted by Gasteiger charge is -2.54. The van der Waals surface area contributed by atoms with E-state index in [1.165, 1.54) is 12.8 Å². The third-order valence-corrected chi connectivity index (χ3v) is 6.79. The van der Waals surface area contributed by atoms with Crippen molar-refractivity contribution in [2.75, 3.05) is 20.1 Å². The zero-order chi connectivity index (χ0) is 16.0. The van der Waals surface area contributed by atoms with Crippen LogP contribution in [0.25, 0.3) is 0 Å². The minimum atomic E-state index is -0.294. The molecule has 4 aliphatic rings. The van der Waals surface area contributed by atoms with Crippen LogP contribution in [0.2, 0.25) is 0 Å². The third kappa shape index (κ3) is 1.55. The highest BCUT2D eigenvalue weighted by molar-refractivity contribution is 6.22. The molecule has 4 nitrogen and oxygen atoms in total. The van der Waals surface area contributed by atoms with Crippen molar-refractivity contribution in [3.05, 3.63) is 35.4 Å². The Morgan fingerprint density at radius 3 is 2.35 bits per heavy atom. The van der Waals surface area contributed by atoms with E-state index in [0.29, 0.717) is 28.4 Å². The van der Waals surface area contributed by atoms with E-state index in [9.17, 15) is 9.59 Å². The van der Waals surface area contributed by atoms with Gasteiger partial charge >= 0.3 is 0 Å². The number of hydrogen-bond acceptors (Lipinski definition) is 3. The zero-order valence-electron chi connectivity index (χ0n) is 13.7. The van der Waals surface area contributed by atoms with Crippen molar-refractivity contribution in [2.45, 2.75) is 31.7 Å². The molecule has 1 aromatic rings. The number of fused-ring (bicyclic) bond motifs is 2. The quantitative estimate of drug-likeness (QED) is 0.748. The number of carbonyl (C=O) groups is 2. The summed E-state index contributed by atoms with van der Waals surface area (Å²) in [5.74, 6) is 0.953. The standard InChI is InChI=1S/C19H22N2O2/c1-18-7-12-9-20(2)11-19(10-18,15(12)8-18)21-16(22)13-5-3-4-6-14(13)17(21)23/h3-6,12,15H,7-11H2,1-2H3. The number of imide groups is 1. The summed E-state index contributed by atoms with van der Waals surface area (Å²) in [6.07, 6.45) is 3.38. The Kier molecular flexibility index (Phi) is 2.41. The van der Waals surface area contributed by atoms with Crippen LogP contribution in [0, 0.1) is 17.3 Å². The first-order chi connectivity index (χ1) is 10.9. The van der Waals surface area contributed by atoms with Crippen LogP contribution in [-0.2, 0) is 0 Å². The topological polar surface area (TPSA) is 40.6 Å². The largest absolute Gasteiger partial charge is 0.304 e. The first kappa shape index (κ1) is 13.7. The Labute approximate surface area is 136 Å². The predicted octanol–water partition coefficient (Wildman–Crippen LogP) is 2.40. The third-order valence-electron chi connectivity index (χ3n) is 6.79. The van der Waals surface area contributed by atoms with Crippen molar-refractivity contribution in [3.8, 4) is 0 Å². The Hall–Kier alpha value is -1.68. The molecule has 5 rings (SSSR count). The van der Waals surface area contributed by atoms with Crippen LogP contribution in [0.15, 0.2) is 24.3 Å². The molecule has 2 aliphatic carbocycles. The molecule has 2 bridgehead atoms. The summed E-state index contributed by atoms with van der Waals surface area (Å²) in [6.45, 7) is 4.28. The van der Waals surface area contributed by atoms with E-state index in [1.807, 2.05) is 12.1 Å². The molecule has 4 atom stereocenters. The minimum absolute atomic E-state index is 0.0733. The van der Waals surface area contributed by atoms with Crippen molar-refractivity contribution in [3.63, 3.8) is 0 Å². The van der Waals surface area contributed by atoms with Crippen LogP contribution >= 0.6 is 0 Å². The second-order valence-corrected chi connectivity index (χ2v) is 8.55. The molecule has 0 radical (unpaired) electrons. The fraction of sp³-hybridized carbons (Fsp3) is 0.579. The number of amides is 2. The van der Waals surface area contributed by atoms with E-state index >= 15 is 0 Å². The summed E-state index contributed by atoms with van der Waals surface area (Å²) < 4.78 is 0. The van der Waals surface area contributed by atoms with Crippen LogP contribution in [-0.4, -0.2) is 47.3 Å². The van der Waals surface area contributed by atoms with Gasteiger partial charge in [0.2, 0.25) is 0 Å². The number of likely N-dealkylation sites (N-methyl/N-ethyl adjacent to an activating group) is 1. The molecule has 0 spiro atoms. The maximum Gasteiger partial charge on any atom is 0.262 e. The predicted molar refractivity (Wildman–Crippen MR) is 86.1 cm³/mol. The first-order valence-electron chi connectivity index (χ1n) is 8.60. The summed E-state index contributed by atoms with van der Waals surface area (Å²) >= 11 is 0. The highest BCUT2D eigenvalue weighted by atomic mass is 16.2. The highest BCUT2D eigenvalue weighted by Crippen LogP contribution is 2.65. The molecular formula is C19H22N2O2. The van der Waals surface area contributed by atoms with E-state index in [4.69, 9.17) is 0 Å². The van der Waals surface area contributed by atoms with E-state index in [1.54, 1.807) is 17.0 Å². The van der Waals surface area contributed by atoms with Gasteiger partial charge in [0.15, 0.2) is 0 Å². The number of carbonyl (C=O) groups excluding carboxylic acids is 2. The Balaban J connectivity index is 1.64. The van der Waals surface area contributed by atoms with E-state index in [-0.39, 0.29) is 17.4 Å². The van der Waals surface area contributed by atoms with Gasteiger partial charge in [0, 0.05) is 13.1 Å². The molecule has 4 heteroatoms. The molecule has 0 aromatic heterocycles. The zero-order valence-corrected chi connectivity index (χ0v) is 13.7. The molecule has 2 aliphatic heterocycles. The lowest BCUT2D eigenvalue weighted by Crippen LogP contribution is -2.66. The Bertz CT molecular complexity index is 710. The van der Waals surface area contributed by atoms with Gasteiger partial charge in [-0.25, -0.2) is 0 Å². The number of likely N-dealkylation sites (tertiary alicyclic amines) is 1. The number of piperidine rings is 1. The van der Waals surface area contributed by atoms with Gasteiger partial charge in [0.25, 0.3) is 11.8 Å². The van der Waals surface area contributed by atoms with Crippen molar-refractivity contribution >= 4 is 11.8 Å². The molecule has 120 valence electrons. The average molecular weight is 310 g/mol. The molecule has 23 heavy (non-hydrogen) atoms. The van der Waals surface area contributed by atoms with Gasteiger partial charge in [-0.3, -0.25) is 14.5 Å². The van der Waals surface area contributed by atoms with Crippen molar-refractivity contribution in [2.24, 2.45) is 17.3 Å². The fourth-order valence-corrected chi connectivity index (χ4v) is 6.41. The molecule has 1 saturated heterocycles. The van der Waals surface area contributed by atoms with Crippen molar-refractivity contribution in [1.29, 1.82) is 0 Å². The fourth-order valence-electron chi connectivity index (χ4n) is 6.41. The van der Waals surface area contributed by atoms with Gasteiger partial charge in [0.05, 0.1) is 16.7 Å². The lowest BCUT2D eigenvalue weighted by atomic mass is 9.67. The summed E-state index contributed by atoms with van der Waals surface area (Å²) in [6, 6.07) is 7.29. The van der Waals surface area contributed by atoms with Crippen molar-refractivity contribution < 1.29 is 9.59 Å².